The molecule has 54 heavy (non-hydrogen) atoms. The SMILES string of the molecule is c1ccc(-c2cc(C3c4ccccc4-c4c(-c5ccc6ccccc6c5)cc5c(c43)C(c3ccccc3)c3ccccc3-5)nc(-c3ccccc3)n2)cc1. The minimum absolute atomic E-state index is 0.0811. The smallest absolute Gasteiger partial charge is 0.160 e. The van der Waals surface area contributed by atoms with Crippen LogP contribution in [0.15, 0.2) is 194 Å². The molecule has 11 rings (SSSR count). The highest BCUT2D eigenvalue weighted by atomic mass is 14.9. The second-order valence-electron chi connectivity index (χ2n) is 14.4. The summed E-state index contributed by atoms with van der Waals surface area (Å²) in [6.45, 7) is 0. The van der Waals surface area contributed by atoms with E-state index in [2.05, 4.69) is 188 Å². The van der Waals surface area contributed by atoms with Gasteiger partial charge in [0.15, 0.2) is 5.82 Å². The van der Waals surface area contributed by atoms with Crippen LogP contribution in [0.4, 0.5) is 0 Å². The minimum atomic E-state index is -0.112. The molecular formula is C52H34N2. The Bertz CT molecular complexity index is 2820. The molecule has 2 atom stereocenters. The Hall–Kier alpha value is -6.90. The molecule has 0 saturated carbocycles. The third-order valence-corrected chi connectivity index (χ3v) is 11.4. The lowest BCUT2D eigenvalue weighted by Gasteiger charge is -2.24. The molecule has 0 saturated heterocycles. The number of fused-ring (bicyclic) bond motifs is 8. The molecule has 2 heteroatoms. The Kier molecular flexibility index (Phi) is 7.03. The summed E-state index contributed by atoms with van der Waals surface area (Å²) in [7, 11) is 0. The van der Waals surface area contributed by atoms with Gasteiger partial charge in [0.2, 0.25) is 0 Å². The van der Waals surface area contributed by atoms with Crippen molar-refractivity contribution in [3.8, 4) is 56.0 Å². The van der Waals surface area contributed by atoms with Crippen molar-refractivity contribution >= 4 is 10.8 Å². The van der Waals surface area contributed by atoms with Gasteiger partial charge < -0.3 is 0 Å². The molecule has 252 valence electrons. The minimum Gasteiger partial charge on any atom is -0.232 e. The number of hydrogen-bond donors (Lipinski definition) is 0. The number of aromatic nitrogens is 2. The van der Waals surface area contributed by atoms with E-state index in [-0.39, 0.29) is 11.8 Å². The summed E-state index contributed by atoms with van der Waals surface area (Å²) in [6.07, 6.45) is 0. The van der Waals surface area contributed by atoms with Crippen molar-refractivity contribution in [3.05, 3.63) is 228 Å². The van der Waals surface area contributed by atoms with Crippen LogP contribution in [0.1, 0.15) is 45.3 Å². The lowest BCUT2D eigenvalue weighted by molar-refractivity contribution is 0.897. The van der Waals surface area contributed by atoms with Crippen molar-refractivity contribution in [2.75, 3.05) is 0 Å². The van der Waals surface area contributed by atoms with Crippen LogP contribution >= 0.6 is 0 Å². The predicted molar refractivity (Wildman–Crippen MR) is 221 cm³/mol. The summed E-state index contributed by atoms with van der Waals surface area (Å²) < 4.78 is 0. The van der Waals surface area contributed by atoms with E-state index in [4.69, 9.17) is 9.97 Å². The molecule has 8 aromatic carbocycles. The molecule has 0 N–H and O–H groups in total. The molecule has 1 heterocycles. The van der Waals surface area contributed by atoms with Crippen LogP contribution in [-0.2, 0) is 0 Å². The van der Waals surface area contributed by atoms with E-state index < -0.39 is 0 Å². The maximum absolute atomic E-state index is 5.51. The first kappa shape index (κ1) is 30.7. The summed E-state index contributed by atoms with van der Waals surface area (Å²) in [5.41, 5.74) is 18.3. The summed E-state index contributed by atoms with van der Waals surface area (Å²) in [4.78, 5) is 10.7. The van der Waals surface area contributed by atoms with Crippen LogP contribution in [0.2, 0.25) is 0 Å². The zero-order valence-electron chi connectivity index (χ0n) is 29.5. The molecule has 2 aliphatic carbocycles. The Labute approximate surface area is 315 Å². The topological polar surface area (TPSA) is 25.8 Å². The zero-order chi connectivity index (χ0) is 35.6. The Morgan fingerprint density at radius 1 is 0.352 bits per heavy atom. The predicted octanol–water partition coefficient (Wildman–Crippen LogP) is 13.0. The van der Waals surface area contributed by atoms with Gasteiger partial charge in [-0.2, -0.15) is 0 Å². The van der Waals surface area contributed by atoms with Gasteiger partial charge >= 0.3 is 0 Å². The Morgan fingerprint density at radius 3 is 1.72 bits per heavy atom. The largest absolute Gasteiger partial charge is 0.232 e. The number of nitrogens with zero attached hydrogens (tertiary/aromatic N) is 2. The highest BCUT2D eigenvalue weighted by Crippen LogP contribution is 2.60. The number of rotatable bonds is 5. The fourth-order valence-electron chi connectivity index (χ4n) is 9.09. The normalized spacial score (nSPS) is 15.0. The van der Waals surface area contributed by atoms with Crippen LogP contribution in [0.5, 0.6) is 0 Å². The van der Waals surface area contributed by atoms with Gasteiger partial charge in [-0.15, -0.1) is 0 Å². The molecule has 0 amide bonds. The molecule has 2 aliphatic rings. The Balaban J connectivity index is 1.26. The molecule has 9 aromatic rings. The second kappa shape index (κ2) is 12.4. The Morgan fingerprint density at radius 2 is 0.963 bits per heavy atom. The van der Waals surface area contributed by atoms with Crippen molar-refractivity contribution in [1.82, 2.24) is 9.97 Å². The molecular weight excluding hydrogens is 653 g/mol. The summed E-state index contributed by atoms with van der Waals surface area (Å²) in [5.74, 6) is 0.708. The molecule has 0 aliphatic heterocycles. The fourth-order valence-corrected chi connectivity index (χ4v) is 9.09. The van der Waals surface area contributed by atoms with Crippen molar-refractivity contribution in [2.24, 2.45) is 0 Å². The monoisotopic (exact) mass is 686 g/mol. The van der Waals surface area contributed by atoms with Crippen molar-refractivity contribution < 1.29 is 0 Å². The quantitative estimate of drug-likeness (QED) is 0.180. The first-order valence-electron chi connectivity index (χ1n) is 18.7. The van der Waals surface area contributed by atoms with E-state index in [0.717, 1.165) is 28.3 Å². The molecule has 2 unspecified atom stereocenters. The van der Waals surface area contributed by atoms with E-state index in [0.29, 0.717) is 0 Å². The van der Waals surface area contributed by atoms with E-state index in [9.17, 15) is 0 Å². The van der Waals surface area contributed by atoms with E-state index in [1.54, 1.807) is 0 Å². The number of hydrogen-bond acceptors (Lipinski definition) is 2. The standard InChI is InChI=1S/C52H34N2/c1-4-17-34(18-5-1)45-32-46(54-52(53-45)36-21-8-3-9-22-36)49-42-27-15-14-26-41(42)48-43(38-29-28-33-16-10-11-23-37(33)30-38)31-44-39-24-12-13-25-40(39)47(50(44)51(48)49)35-19-6-2-7-20-35/h1-32,47,49H. The lowest BCUT2D eigenvalue weighted by Crippen LogP contribution is -2.10. The van der Waals surface area contributed by atoms with Gasteiger partial charge in [0.05, 0.1) is 17.3 Å². The summed E-state index contributed by atoms with van der Waals surface area (Å²) in [6, 6.07) is 70.4. The summed E-state index contributed by atoms with van der Waals surface area (Å²) in [5, 5.41) is 2.49. The molecule has 0 radical (unpaired) electrons. The molecule has 0 bridgehead atoms. The van der Waals surface area contributed by atoms with E-state index in [1.165, 1.54) is 72.0 Å². The van der Waals surface area contributed by atoms with Crippen molar-refractivity contribution in [1.29, 1.82) is 0 Å². The van der Waals surface area contributed by atoms with Crippen molar-refractivity contribution in [2.45, 2.75) is 11.8 Å². The van der Waals surface area contributed by atoms with Crippen LogP contribution in [0.25, 0.3) is 66.8 Å². The number of benzene rings is 8. The highest BCUT2D eigenvalue weighted by molar-refractivity contribution is 6.01. The zero-order valence-corrected chi connectivity index (χ0v) is 29.5. The average Bonchev–Trinajstić information content (AvgIpc) is 3.77. The van der Waals surface area contributed by atoms with Crippen LogP contribution in [0, 0.1) is 0 Å². The molecule has 0 spiro atoms. The third kappa shape index (κ3) is 4.81. The van der Waals surface area contributed by atoms with E-state index >= 15 is 0 Å². The van der Waals surface area contributed by atoms with Crippen LogP contribution < -0.4 is 0 Å². The van der Waals surface area contributed by atoms with Gasteiger partial charge in [0.25, 0.3) is 0 Å². The van der Waals surface area contributed by atoms with Crippen LogP contribution in [0.3, 0.4) is 0 Å². The van der Waals surface area contributed by atoms with Gasteiger partial charge in [-0.1, -0.05) is 176 Å². The van der Waals surface area contributed by atoms with Gasteiger partial charge in [0.1, 0.15) is 0 Å². The highest BCUT2D eigenvalue weighted by Gasteiger charge is 2.42. The molecule has 1 aromatic heterocycles. The molecule has 0 fully saturated rings. The first-order valence-corrected chi connectivity index (χ1v) is 18.7. The van der Waals surface area contributed by atoms with Gasteiger partial charge in [-0.25, -0.2) is 9.97 Å². The molecule has 2 nitrogen and oxygen atoms in total. The van der Waals surface area contributed by atoms with Gasteiger partial charge in [-0.3, -0.25) is 0 Å². The maximum Gasteiger partial charge on any atom is 0.160 e. The van der Waals surface area contributed by atoms with Crippen molar-refractivity contribution in [3.63, 3.8) is 0 Å². The third-order valence-electron chi connectivity index (χ3n) is 11.4. The lowest BCUT2D eigenvalue weighted by atomic mass is 9.79. The maximum atomic E-state index is 5.51. The van der Waals surface area contributed by atoms with Gasteiger partial charge in [-0.05, 0) is 90.2 Å². The van der Waals surface area contributed by atoms with Gasteiger partial charge in [0, 0.05) is 17.0 Å². The first-order chi connectivity index (χ1) is 26.8. The summed E-state index contributed by atoms with van der Waals surface area (Å²) >= 11 is 0. The van der Waals surface area contributed by atoms with Crippen LogP contribution in [-0.4, -0.2) is 9.97 Å². The fraction of sp³-hybridized carbons (Fsp3) is 0.0385. The second-order valence-corrected chi connectivity index (χ2v) is 14.4. The average molecular weight is 687 g/mol. The van der Waals surface area contributed by atoms with E-state index in [1.807, 2.05) is 6.07 Å².